The summed E-state index contributed by atoms with van der Waals surface area (Å²) in [5, 5.41) is 13.6. The molecular weight excluding hydrogens is 258 g/mol. The largest absolute Gasteiger partial charge is 0.392 e. The van der Waals surface area contributed by atoms with Gasteiger partial charge in [-0.1, -0.05) is 57.0 Å². The van der Waals surface area contributed by atoms with Gasteiger partial charge in [0, 0.05) is 12.1 Å². The summed E-state index contributed by atoms with van der Waals surface area (Å²) >= 11 is 0. The monoisotopic (exact) mass is 291 g/mol. The van der Waals surface area contributed by atoms with E-state index < -0.39 is 0 Å². The fourth-order valence-corrected chi connectivity index (χ4v) is 2.51. The molecule has 1 aromatic carbocycles. The van der Waals surface area contributed by atoms with Crippen LogP contribution in [0, 0.1) is 5.92 Å². The van der Waals surface area contributed by atoms with Gasteiger partial charge in [-0.05, 0) is 44.6 Å². The third kappa shape index (κ3) is 8.90. The molecule has 0 bridgehead atoms. The predicted octanol–water partition coefficient (Wildman–Crippen LogP) is 4.17. The summed E-state index contributed by atoms with van der Waals surface area (Å²) in [4.78, 5) is 0. The van der Waals surface area contributed by atoms with E-state index in [-0.39, 0.29) is 11.6 Å². The van der Waals surface area contributed by atoms with Crippen LogP contribution in [0.2, 0.25) is 0 Å². The molecule has 0 radical (unpaired) electrons. The number of nitrogens with one attached hydrogen (secondary N) is 1. The van der Waals surface area contributed by atoms with Crippen LogP contribution in [-0.4, -0.2) is 23.3 Å². The van der Waals surface area contributed by atoms with Crippen LogP contribution in [0.3, 0.4) is 0 Å². The van der Waals surface area contributed by atoms with Gasteiger partial charge in [-0.25, -0.2) is 0 Å². The fourth-order valence-electron chi connectivity index (χ4n) is 2.51. The molecule has 0 fully saturated rings. The van der Waals surface area contributed by atoms with E-state index in [1.165, 1.54) is 18.4 Å². The molecule has 0 aliphatic heterocycles. The molecule has 2 heteroatoms. The normalized spacial score (nSPS) is 13.6. The first-order valence-corrected chi connectivity index (χ1v) is 8.36. The summed E-state index contributed by atoms with van der Waals surface area (Å²) in [7, 11) is 0. The predicted molar refractivity (Wildman–Crippen MR) is 91.5 cm³/mol. The molecule has 120 valence electrons. The second-order valence-corrected chi connectivity index (χ2v) is 7.23. The zero-order chi connectivity index (χ0) is 15.7. The van der Waals surface area contributed by atoms with E-state index in [1.807, 2.05) is 6.07 Å². The molecule has 2 nitrogen and oxygen atoms in total. The number of aryl methyl sites for hydroxylation is 1. The van der Waals surface area contributed by atoms with Crippen molar-refractivity contribution in [2.75, 3.05) is 6.54 Å². The van der Waals surface area contributed by atoms with Gasteiger partial charge in [-0.3, -0.25) is 0 Å². The zero-order valence-electron chi connectivity index (χ0n) is 14.2. The highest BCUT2D eigenvalue weighted by molar-refractivity contribution is 5.14. The third-order valence-corrected chi connectivity index (χ3v) is 4.01. The maximum absolute atomic E-state index is 10.1. The third-order valence-electron chi connectivity index (χ3n) is 4.01. The van der Waals surface area contributed by atoms with Crippen LogP contribution in [-0.2, 0) is 6.42 Å². The Morgan fingerprint density at radius 2 is 1.76 bits per heavy atom. The van der Waals surface area contributed by atoms with Gasteiger partial charge in [0.1, 0.15) is 0 Å². The minimum atomic E-state index is -0.269. The van der Waals surface area contributed by atoms with Crippen molar-refractivity contribution < 1.29 is 5.11 Å². The topological polar surface area (TPSA) is 32.3 Å². The lowest BCUT2D eigenvalue weighted by atomic mass is 9.94. The summed E-state index contributed by atoms with van der Waals surface area (Å²) in [6.45, 7) is 9.69. The van der Waals surface area contributed by atoms with Crippen LogP contribution >= 0.6 is 0 Å². The number of rotatable bonds is 10. The van der Waals surface area contributed by atoms with Gasteiger partial charge in [0.05, 0.1) is 6.10 Å². The van der Waals surface area contributed by atoms with Crippen molar-refractivity contribution in [1.82, 2.24) is 5.32 Å². The van der Waals surface area contributed by atoms with E-state index in [0.29, 0.717) is 6.54 Å². The standard InChI is InChI=1S/C19H33NO/c1-16(2)9-8-14-19(3,4)20-15-18(21)13-12-17-10-6-5-7-11-17/h5-7,10-11,16,18,20-21H,8-9,12-15H2,1-4H3/t18-/m1/s1. The minimum Gasteiger partial charge on any atom is -0.392 e. The molecule has 0 aromatic heterocycles. The molecule has 0 aliphatic carbocycles. The molecule has 2 N–H and O–H groups in total. The first-order valence-electron chi connectivity index (χ1n) is 8.36. The van der Waals surface area contributed by atoms with E-state index in [2.05, 4.69) is 57.3 Å². The Balaban J connectivity index is 2.20. The van der Waals surface area contributed by atoms with Gasteiger partial charge in [-0.15, -0.1) is 0 Å². The summed E-state index contributed by atoms with van der Waals surface area (Å²) in [6, 6.07) is 10.4. The van der Waals surface area contributed by atoms with Crippen LogP contribution in [0.5, 0.6) is 0 Å². The van der Waals surface area contributed by atoms with Gasteiger partial charge in [0.25, 0.3) is 0 Å². The molecular formula is C19H33NO. The van der Waals surface area contributed by atoms with Crippen LogP contribution in [0.1, 0.15) is 58.9 Å². The summed E-state index contributed by atoms with van der Waals surface area (Å²) in [5.74, 6) is 0.775. The van der Waals surface area contributed by atoms with Crippen LogP contribution in [0.4, 0.5) is 0 Å². The van der Waals surface area contributed by atoms with Crippen molar-refractivity contribution in [1.29, 1.82) is 0 Å². The Labute approximate surface area is 131 Å². The number of aliphatic hydroxyl groups is 1. The molecule has 1 aromatic rings. The second-order valence-electron chi connectivity index (χ2n) is 7.23. The van der Waals surface area contributed by atoms with Crippen LogP contribution in [0.25, 0.3) is 0 Å². The molecule has 0 heterocycles. The SMILES string of the molecule is CC(C)CCCC(C)(C)NC[C@H](O)CCc1ccccc1. The molecule has 0 amide bonds. The van der Waals surface area contributed by atoms with Gasteiger partial charge < -0.3 is 10.4 Å². The first kappa shape index (κ1) is 18.2. The average molecular weight is 291 g/mol. The Morgan fingerprint density at radius 3 is 2.38 bits per heavy atom. The molecule has 0 spiro atoms. The molecule has 0 saturated heterocycles. The number of aliphatic hydroxyl groups excluding tert-OH is 1. The maximum Gasteiger partial charge on any atom is 0.0668 e. The Bertz CT molecular complexity index is 372. The summed E-state index contributed by atoms with van der Waals surface area (Å²) in [5.41, 5.74) is 1.41. The van der Waals surface area contributed by atoms with Crippen molar-refractivity contribution in [3.05, 3.63) is 35.9 Å². The highest BCUT2D eigenvalue weighted by Crippen LogP contribution is 2.16. The Hall–Kier alpha value is -0.860. The van der Waals surface area contributed by atoms with Crippen molar-refractivity contribution in [3.8, 4) is 0 Å². The lowest BCUT2D eigenvalue weighted by Gasteiger charge is -2.28. The van der Waals surface area contributed by atoms with Crippen LogP contribution < -0.4 is 5.32 Å². The number of hydrogen-bond acceptors (Lipinski definition) is 2. The maximum atomic E-state index is 10.1. The number of β-amino-alcohol motifs (C(OH)–C–C–N with tert-alkyl or cyclic N) is 1. The molecule has 0 aliphatic rings. The fraction of sp³-hybridized carbons (Fsp3) is 0.684. The van der Waals surface area contributed by atoms with Crippen molar-refractivity contribution >= 4 is 0 Å². The van der Waals surface area contributed by atoms with Crippen LogP contribution in [0.15, 0.2) is 30.3 Å². The summed E-state index contributed by atoms with van der Waals surface area (Å²) < 4.78 is 0. The number of hydrogen-bond donors (Lipinski definition) is 2. The van der Waals surface area contributed by atoms with Crippen molar-refractivity contribution in [2.45, 2.75) is 71.4 Å². The molecule has 1 atom stereocenters. The van der Waals surface area contributed by atoms with Crippen molar-refractivity contribution in [2.24, 2.45) is 5.92 Å². The van der Waals surface area contributed by atoms with Crippen molar-refractivity contribution in [3.63, 3.8) is 0 Å². The first-order chi connectivity index (χ1) is 9.89. The molecule has 0 unspecified atom stereocenters. The smallest absolute Gasteiger partial charge is 0.0668 e. The lowest BCUT2D eigenvalue weighted by molar-refractivity contribution is 0.147. The van der Waals surface area contributed by atoms with Gasteiger partial charge in [-0.2, -0.15) is 0 Å². The highest BCUT2D eigenvalue weighted by atomic mass is 16.3. The molecule has 1 rings (SSSR count). The van der Waals surface area contributed by atoms with E-state index >= 15 is 0 Å². The zero-order valence-corrected chi connectivity index (χ0v) is 14.2. The quantitative estimate of drug-likeness (QED) is 0.678. The molecule has 0 saturated carbocycles. The lowest BCUT2D eigenvalue weighted by Crippen LogP contribution is -2.43. The number of benzene rings is 1. The van der Waals surface area contributed by atoms with E-state index in [9.17, 15) is 5.11 Å². The minimum absolute atomic E-state index is 0.114. The van der Waals surface area contributed by atoms with E-state index in [0.717, 1.165) is 25.2 Å². The Morgan fingerprint density at radius 1 is 1.10 bits per heavy atom. The van der Waals surface area contributed by atoms with Gasteiger partial charge in [0.15, 0.2) is 0 Å². The average Bonchev–Trinajstić information content (AvgIpc) is 2.43. The van der Waals surface area contributed by atoms with E-state index in [1.54, 1.807) is 0 Å². The van der Waals surface area contributed by atoms with Gasteiger partial charge >= 0.3 is 0 Å². The summed E-state index contributed by atoms with van der Waals surface area (Å²) in [6.07, 6.45) is 5.18. The Kier molecular flexibility index (Phi) is 7.98. The second kappa shape index (κ2) is 9.22. The molecule has 21 heavy (non-hydrogen) atoms. The van der Waals surface area contributed by atoms with E-state index in [4.69, 9.17) is 0 Å². The van der Waals surface area contributed by atoms with Gasteiger partial charge in [0.2, 0.25) is 0 Å². The highest BCUT2D eigenvalue weighted by Gasteiger charge is 2.18.